The van der Waals surface area contributed by atoms with Gasteiger partial charge in [0.15, 0.2) is 0 Å². The van der Waals surface area contributed by atoms with Gasteiger partial charge >= 0.3 is 5.97 Å². The zero-order chi connectivity index (χ0) is 27.1. The second-order valence-corrected chi connectivity index (χ2v) is 10.9. The van der Waals surface area contributed by atoms with Crippen molar-refractivity contribution >= 4 is 17.8 Å². The molecule has 2 aliphatic heterocycles. The normalized spacial score (nSPS) is 16.9. The number of aromatic nitrogens is 2. The van der Waals surface area contributed by atoms with E-state index >= 15 is 0 Å². The lowest BCUT2D eigenvalue weighted by Crippen LogP contribution is -2.28. The molecule has 2 aromatic rings. The number of hydrogen-bond acceptors (Lipinski definition) is 6. The molecule has 2 amide bonds. The van der Waals surface area contributed by atoms with Crippen LogP contribution in [0.1, 0.15) is 88.9 Å². The monoisotopic (exact) mass is 524 g/mol. The summed E-state index contributed by atoms with van der Waals surface area (Å²) in [5, 5.41) is 7.80. The molecule has 0 bridgehead atoms. The maximum absolute atomic E-state index is 13.0. The van der Waals surface area contributed by atoms with Gasteiger partial charge in [0.05, 0.1) is 17.9 Å². The number of fused-ring (bicyclic) bond motifs is 1. The lowest BCUT2D eigenvalue weighted by Gasteiger charge is -2.24. The maximum atomic E-state index is 13.0. The topological polar surface area (TPSA) is 103 Å². The molecule has 38 heavy (non-hydrogen) atoms. The molecule has 1 N–H and O–H groups in total. The van der Waals surface area contributed by atoms with Gasteiger partial charge in [-0.05, 0) is 57.2 Å². The highest BCUT2D eigenvalue weighted by atomic mass is 16.5. The first-order valence-electron chi connectivity index (χ1n) is 13.8. The minimum Gasteiger partial charge on any atom is -0.462 e. The van der Waals surface area contributed by atoms with Crippen LogP contribution in [-0.2, 0) is 28.9 Å². The minimum atomic E-state index is -0.455. The standard InChI is InChI=1S/C29H40N4O5/c1-4-33-25-23(12-8-16-37-17-9-13-30-26(25)34)24(31-33)19-29(2,3)20-38-28(36)22-11-7-10-21(18-22)27(35)32-14-5-6-15-32/h7,10-11,18H,4-6,8-9,12-17,19-20H2,1-3H3,(H,30,34). The fraction of sp³-hybridized carbons (Fsp3) is 0.586. The summed E-state index contributed by atoms with van der Waals surface area (Å²) in [7, 11) is 0. The number of carbonyl (C=O) groups is 3. The molecular formula is C29H40N4O5. The van der Waals surface area contributed by atoms with E-state index < -0.39 is 11.4 Å². The largest absolute Gasteiger partial charge is 0.462 e. The first-order chi connectivity index (χ1) is 18.3. The van der Waals surface area contributed by atoms with Gasteiger partial charge in [0, 0.05) is 62.4 Å². The number of benzene rings is 1. The maximum Gasteiger partial charge on any atom is 0.338 e. The Kier molecular flexibility index (Phi) is 9.20. The van der Waals surface area contributed by atoms with Crippen LogP contribution < -0.4 is 5.32 Å². The van der Waals surface area contributed by atoms with Gasteiger partial charge in [-0.3, -0.25) is 14.3 Å². The fourth-order valence-electron chi connectivity index (χ4n) is 5.08. The van der Waals surface area contributed by atoms with Gasteiger partial charge < -0.3 is 19.7 Å². The van der Waals surface area contributed by atoms with E-state index in [9.17, 15) is 14.4 Å². The summed E-state index contributed by atoms with van der Waals surface area (Å²) in [5.41, 5.74) is 2.88. The lowest BCUT2D eigenvalue weighted by atomic mass is 9.86. The fourth-order valence-corrected chi connectivity index (χ4v) is 5.08. The van der Waals surface area contributed by atoms with Crippen LogP contribution in [0, 0.1) is 5.41 Å². The van der Waals surface area contributed by atoms with Crippen LogP contribution in [0.3, 0.4) is 0 Å². The van der Waals surface area contributed by atoms with Crippen molar-refractivity contribution in [3.63, 3.8) is 0 Å². The third kappa shape index (κ3) is 6.81. The zero-order valence-electron chi connectivity index (χ0n) is 22.9. The molecule has 4 rings (SSSR count). The smallest absolute Gasteiger partial charge is 0.338 e. The summed E-state index contributed by atoms with van der Waals surface area (Å²) in [6, 6.07) is 6.77. The average Bonchev–Trinajstić information content (AvgIpc) is 3.55. The van der Waals surface area contributed by atoms with Gasteiger partial charge in [-0.1, -0.05) is 19.9 Å². The van der Waals surface area contributed by atoms with Gasteiger partial charge in [-0.2, -0.15) is 5.10 Å². The van der Waals surface area contributed by atoms with Crippen molar-refractivity contribution in [3.05, 3.63) is 52.3 Å². The first-order valence-corrected chi connectivity index (χ1v) is 13.8. The molecule has 0 atom stereocenters. The van der Waals surface area contributed by atoms with Crippen molar-refractivity contribution in [2.45, 2.75) is 65.8 Å². The van der Waals surface area contributed by atoms with E-state index in [0.717, 1.165) is 50.0 Å². The van der Waals surface area contributed by atoms with E-state index in [-0.39, 0.29) is 18.4 Å². The van der Waals surface area contributed by atoms with Crippen LogP contribution in [0.4, 0.5) is 0 Å². The van der Waals surface area contributed by atoms with Crippen molar-refractivity contribution in [1.82, 2.24) is 20.0 Å². The summed E-state index contributed by atoms with van der Waals surface area (Å²) in [4.78, 5) is 40.5. The third-order valence-corrected chi connectivity index (χ3v) is 7.09. The number of hydrogen-bond donors (Lipinski definition) is 1. The lowest BCUT2D eigenvalue weighted by molar-refractivity contribution is 0.0339. The third-order valence-electron chi connectivity index (χ3n) is 7.09. The van der Waals surface area contributed by atoms with E-state index in [2.05, 4.69) is 5.32 Å². The molecule has 0 aliphatic carbocycles. The molecule has 0 spiro atoms. The number of ether oxygens (including phenoxy) is 2. The van der Waals surface area contributed by atoms with Gasteiger partial charge in [-0.15, -0.1) is 0 Å². The highest BCUT2D eigenvalue weighted by Gasteiger charge is 2.29. The van der Waals surface area contributed by atoms with Crippen molar-refractivity contribution in [3.8, 4) is 0 Å². The number of esters is 1. The Morgan fingerprint density at radius 1 is 1.11 bits per heavy atom. The van der Waals surface area contributed by atoms with E-state index in [1.807, 2.05) is 25.7 Å². The Morgan fingerprint density at radius 3 is 2.61 bits per heavy atom. The summed E-state index contributed by atoms with van der Waals surface area (Å²) < 4.78 is 13.2. The highest BCUT2D eigenvalue weighted by Crippen LogP contribution is 2.27. The molecular weight excluding hydrogens is 484 g/mol. The first kappa shape index (κ1) is 27.8. The molecule has 1 fully saturated rings. The molecule has 1 aromatic carbocycles. The van der Waals surface area contributed by atoms with Crippen molar-refractivity contribution in [1.29, 1.82) is 0 Å². The molecule has 0 radical (unpaired) electrons. The van der Waals surface area contributed by atoms with E-state index in [0.29, 0.717) is 56.0 Å². The van der Waals surface area contributed by atoms with Crippen LogP contribution in [0.15, 0.2) is 24.3 Å². The Hall–Kier alpha value is -3.20. The minimum absolute atomic E-state index is 0.0443. The predicted octanol–water partition coefficient (Wildman–Crippen LogP) is 3.65. The Labute approximate surface area is 224 Å². The Morgan fingerprint density at radius 2 is 1.84 bits per heavy atom. The van der Waals surface area contributed by atoms with Gasteiger partial charge in [0.1, 0.15) is 5.69 Å². The van der Waals surface area contributed by atoms with E-state index in [4.69, 9.17) is 14.6 Å². The predicted molar refractivity (Wildman–Crippen MR) is 143 cm³/mol. The average molecular weight is 525 g/mol. The van der Waals surface area contributed by atoms with Crippen molar-refractivity contribution in [2.75, 3.05) is 39.5 Å². The summed E-state index contributed by atoms with van der Waals surface area (Å²) >= 11 is 0. The number of nitrogens with zero attached hydrogens (tertiary/aromatic N) is 3. The van der Waals surface area contributed by atoms with Crippen LogP contribution >= 0.6 is 0 Å². The van der Waals surface area contributed by atoms with E-state index in [1.165, 1.54) is 0 Å². The van der Waals surface area contributed by atoms with Crippen molar-refractivity contribution in [2.24, 2.45) is 5.41 Å². The van der Waals surface area contributed by atoms with Crippen LogP contribution in [-0.4, -0.2) is 71.9 Å². The van der Waals surface area contributed by atoms with Crippen LogP contribution in [0.2, 0.25) is 0 Å². The molecule has 206 valence electrons. The SMILES string of the molecule is CCn1nc(CC(C)(C)COC(=O)c2cccc(C(=O)N3CCCC3)c2)c2c1C(=O)NCCCOCCC2. The Bertz CT molecular complexity index is 1150. The number of likely N-dealkylation sites (tertiary alicyclic amines) is 1. The molecule has 0 saturated carbocycles. The van der Waals surface area contributed by atoms with Crippen LogP contribution in [0.5, 0.6) is 0 Å². The second-order valence-electron chi connectivity index (χ2n) is 10.9. The van der Waals surface area contributed by atoms with Crippen LogP contribution in [0.25, 0.3) is 0 Å². The number of amides is 2. The zero-order valence-corrected chi connectivity index (χ0v) is 22.9. The van der Waals surface area contributed by atoms with E-state index in [1.54, 1.807) is 28.9 Å². The molecule has 1 aromatic heterocycles. The quantitative estimate of drug-likeness (QED) is 0.555. The van der Waals surface area contributed by atoms with Gasteiger partial charge in [-0.25, -0.2) is 4.79 Å². The highest BCUT2D eigenvalue weighted by molar-refractivity contribution is 5.98. The molecule has 9 heteroatoms. The van der Waals surface area contributed by atoms with Gasteiger partial charge in [0.25, 0.3) is 11.8 Å². The molecule has 1 saturated heterocycles. The summed E-state index contributed by atoms with van der Waals surface area (Å²) in [6.45, 7) is 10.2. The number of rotatable bonds is 7. The molecule has 0 unspecified atom stereocenters. The molecule has 9 nitrogen and oxygen atoms in total. The summed E-state index contributed by atoms with van der Waals surface area (Å²) in [5.74, 6) is -0.601. The van der Waals surface area contributed by atoms with Gasteiger partial charge in [0.2, 0.25) is 0 Å². The Balaban J connectivity index is 1.45. The number of nitrogens with one attached hydrogen (secondary N) is 1. The number of aryl methyl sites for hydroxylation is 1. The molecule has 3 heterocycles. The van der Waals surface area contributed by atoms with Crippen molar-refractivity contribution < 1.29 is 23.9 Å². The second kappa shape index (κ2) is 12.6. The summed E-state index contributed by atoms with van der Waals surface area (Å²) in [6.07, 6.45) is 4.87. The number of carbonyl (C=O) groups excluding carboxylic acids is 3. The molecule has 2 aliphatic rings.